The number of nitrogens with one attached hydrogen (secondary N) is 2. The van der Waals surface area contributed by atoms with Gasteiger partial charge in [0.25, 0.3) is 5.69 Å². The number of hydrogen-bond donors (Lipinski definition) is 2. The van der Waals surface area contributed by atoms with E-state index in [1.54, 1.807) is 0 Å². The number of sulfonamides is 1. The number of nitro benzene ring substituents is 1. The van der Waals surface area contributed by atoms with Crippen LogP contribution in [-0.4, -0.2) is 40.1 Å². The largest absolute Gasteiger partial charge is 0.497 e. The molecule has 0 radical (unpaired) electrons. The number of benzene rings is 1. The lowest BCUT2D eigenvalue weighted by molar-refractivity contribution is -0.387. The van der Waals surface area contributed by atoms with E-state index in [-0.39, 0.29) is 22.6 Å². The summed E-state index contributed by atoms with van der Waals surface area (Å²) in [4.78, 5) is 10.1. The topological polar surface area (TPSA) is 111 Å². The summed E-state index contributed by atoms with van der Waals surface area (Å²) in [5, 5.41) is 14.4. The van der Waals surface area contributed by atoms with Gasteiger partial charge in [-0.1, -0.05) is 6.92 Å². The van der Waals surface area contributed by atoms with Crippen molar-refractivity contribution >= 4 is 15.7 Å². The molecule has 0 aromatic heterocycles. The highest BCUT2D eigenvalue weighted by molar-refractivity contribution is 7.89. The molecule has 1 saturated heterocycles. The average Bonchev–Trinajstić information content (AvgIpc) is 2.53. The first-order valence-corrected chi connectivity index (χ1v) is 8.79. The van der Waals surface area contributed by atoms with Gasteiger partial charge < -0.3 is 10.1 Å². The smallest absolute Gasteiger partial charge is 0.293 e. The summed E-state index contributed by atoms with van der Waals surface area (Å²) in [6.07, 6.45) is 1.87. The molecule has 1 heterocycles. The minimum Gasteiger partial charge on any atom is -0.497 e. The predicted octanol–water partition coefficient (Wildman–Crippen LogP) is 1.27. The van der Waals surface area contributed by atoms with Crippen LogP contribution in [0.3, 0.4) is 0 Å². The maximum absolute atomic E-state index is 12.5. The van der Waals surface area contributed by atoms with Gasteiger partial charge in [-0.25, -0.2) is 13.1 Å². The molecule has 9 heteroatoms. The van der Waals surface area contributed by atoms with Crippen molar-refractivity contribution in [3.63, 3.8) is 0 Å². The van der Waals surface area contributed by atoms with Gasteiger partial charge in [0.05, 0.1) is 18.1 Å². The third-order valence-electron chi connectivity index (χ3n) is 4.03. The molecule has 0 saturated carbocycles. The zero-order valence-corrected chi connectivity index (χ0v) is 14.0. The van der Waals surface area contributed by atoms with Crippen LogP contribution in [0.25, 0.3) is 0 Å². The molecular weight excluding hydrogens is 322 g/mol. The van der Waals surface area contributed by atoms with Crippen LogP contribution in [-0.2, 0) is 10.0 Å². The Morgan fingerprint density at radius 2 is 2.22 bits per heavy atom. The van der Waals surface area contributed by atoms with Gasteiger partial charge in [0.1, 0.15) is 5.75 Å². The van der Waals surface area contributed by atoms with Crippen LogP contribution in [0.2, 0.25) is 0 Å². The van der Waals surface area contributed by atoms with Gasteiger partial charge in [-0.05, 0) is 36.9 Å². The summed E-state index contributed by atoms with van der Waals surface area (Å²) >= 11 is 0. The van der Waals surface area contributed by atoms with Crippen LogP contribution in [0, 0.1) is 15.5 Å². The van der Waals surface area contributed by atoms with Crippen molar-refractivity contribution in [1.82, 2.24) is 10.0 Å². The Kier molecular flexibility index (Phi) is 5.23. The minimum absolute atomic E-state index is 0.202. The molecule has 0 amide bonds. The van der Waals surface area contributed by atoms with Gasteiger partial charge in [-0.15, -0.1) is 0 Å². The molecule has 2 N–H and O–H groups in total. The van der Waals surface area contributed by atoms with E-state index in [4.69, 9.17) is 4.74 Å². The van der Waals surface area contributed by atoms with Crippen molar-refractivity contribution in [2.24, 2.45) is 5.41 Å². The monoisotopic (exact) mass is 343 g/mol. The van der Waals surface area contributed by atoms with Gasteiger partial charge in [-0.2, -0.15) is 0 Å². The molecule has 1 unspecified atom stereocenters. The predicted molar refractivity (Wildman–Crippen MR) is 85.0 cm³/mol. The first kappa shape index (κ1) is 17.6. The van der Waals surface area contributed by atoms with E-state index < -0.39 is 20.6 Å². The average molecular weight is 343 g/mol. The van der Waals surface area contributed by atoms with E-state index in [0.717, 1.165) is 25.5 Å². The molecular formula is C14H21N3O5S. The molecule has 0 aliphatic carbocycles. The maximum atomic E-state index is 12.5. The van der Waals surface area contributed by atoms with Crippen LogP contribution in [0.15, 0.2) is 23.1 Å². The molecule has 1 fully saturated rings. The number of nitro groups is 1. The normalized spacial score (nSPS) is 21.8. The molecule has 23 heavy (non-hydrogen) atoms. The highest BCUT2D eigenvalue weighted by Crippen LogP contribution is 2.29. The first-order chi connectivity index (χ1) is 10.8. The van der Waals surface area contributed by atoms with Gasteiger partial charge in [0.2, 0.25) is 10.0 Å². The van der Waals surface area contributed by atoms with Crippen molar-refractivity contribution in [1.29, 1.82) is 0 Å². The maximum Gasteiger partial charge on any atom is 0.293 e. The van der Waals surface area contributed by atoms with Crippen molar-refractivity contribution in [2.45, 2.75) is 24.7 Å². The van der Waals surface area contributed by atoms with Crippen LogP contribution in [0.4, 0.5) is 5.69 Å². The minimum atomic E-state index is -3.97. The Bertz CT molecular complexity index is 684. The van der Waals surface area contributed by atoms with Gasteiger partial charge >= 0.3 is 0 Å². The standard InChI is InChI=1S/C14H21N3O5S/c1-14(6-3-7-15-9-14)10-16-23(20,21)13-5-4-11(22-2)8-12(13)17(18)19/h4-5,8,15-16H,3,6-7,9-10H2,1-2H3. The summed E-state index contributed by atoms with van der Waals surface area (Å²) < 4.78 is 32.4. The summed E-state index contributed by atoms with van der Waals surface area (Å²) in [6.45, 7) is 3.85. The molecule has 1 aromatic rings. The second-order valence-electron chi connectivity index (χ2n) is 6.01. The fourth-order valence-electron chi connectivity index (χ4n) is 2.61. The molecule has 0 bridgehead atoms. The van der Waals surface area contributed by atoms with Crippen LogP contribution in [0.1, 0.15) is 19.8 Å². The van der Waals surface area contributed by atoms with E-state index in [0.29, 0.717) is 6.54 Å². The zero-order chi connectivity index (χ0) is 17.1. The number of ether oxygens (including phenoxy) is 1. The molecule has 1 aliphatic rings. The number of methoxy groups -OCH3 is 1. The highest BCUT2D eigenvalue weighted by Gasteiger charge is 2.31. The van der Waals surface area contributed by atoms with E-state index >= 15 is 0 Å². The lowest BCUT2D eigenvalue weighted by Gasteiger charge is -2.34. The second kappa shape index (κ2) is 6.81. The Hall–Kier alpha value is -1.71. The summed E-state index contributed by atoms with van der Waals surface area (Å²) in [6, 6.07) is 3.70. The fraction of sp³-hybridized carbons (Fsp3) is 0.571. The third-order valence-corrected chi connectivity index (χ3v) is 5.48. The van der Waals surface area contributed by atoms with Gasteiger partial charge in [0.15, 0.2) is 4.90 Å². The number of hydrogen-bond acceptors (Lipinski definition) is 6. The van der Waals surface area contributed by atoms with E-state index in [2.05, 4.69) is 10.0 Å². The zero-order valence-electron chi connectivity index (χ0n) is 13.2. The molecule has 1 aromatic carbocycles. The SMILES string of the molecule is COc1ccc(S(=O)(=O)NCC2(C)CCCNC2)c([N+](=O)[O-])c1. The van der Waals surface area contributed by atoms with E-state index in [1.807, 2.05) is 6.92 Å². The van der Waals surface area contributed by atoms with Gasteiger partial charge in [-0.3, -0.25) is 10.1 Å². The van der Waals surface area contributed by atoms with Crippen molar-refractivity contribution in [3.8, 4) is 5.75 Å². The van der Waals surface area contributed by atoms with Crippen molar-refractivity contribution in [2.75, 3.05) is 26.7 Å². The van der Waals surface area contributed by atoms with Crippen LogP contribution >= 0.6 is 0 Å². The Morgan fingerprint density at radius 3 is 2.78 bits per heavy atom. The summed E-state index contributed by atoms with van der Waals surface area (Å²) in [5.41, 5.74) is -0.698. The lowest BCUT2D eigenvalue weighted by atomic mass is 9.83. The summed E-state index contributed by atoms with van der Waals surface area (Å²) in [7, 11) is -2.61. The third kappa shape index (κ3) is 4.18. The molecule has 0 spiro atoms. The number of nitrogens with zero attached hydrogens (tertiary/aromatic N) is 1. The summed E-state index contributed by atoms with van der Waals surface area (Å²) in [5.74, 6) is 0.235. The fourth-order valence-corrected chi connectivity index (χ4v) is 3.96. The molecule has 128 valence electrons. The second-order valence-corrected chi connectivity index (χ2v) is 7.74. The Labute approximate surface area is 135 Å². The molecule has 8 nitrogen and oxygen atoms in total. The molecule has 1 atom stereocenters. The molecule has 2 rings (SSSR count). The highest BCUT2D eigenvalue weighted by atomic mass is 32.2. The van der Waals surface area contributed by atoms with Gasteiger partial charge in [0, 0.05) is 13.1 Å². The van der Waals surface area contributed by atoms with Crippen molar-refractivity contribution < 1.29 is 18.1 Å². The van der Waals surface area contributed by atoms with Crippen molar-refractivity contribution in [3.05, 3.63) is 28.3 Å². The first-order valence-electron chi connectivity index (χ1n) is 7.30. The quantitative estimate of drug-likeness (QED) is 0.594. The number of rotatable bonds is 6. The number of piperidine rings is 1. The Morgan fingerprint density at radius 1 is 1.48 bits per heavy atom. The van der Waals surface area contributed by atoms with E-state index in [9.17, 15) is 18.5 Å². The lowest BCUT2D eigenvalue weighted by Crippen LogP contribution is -2.45. The van der Waals surface area contributed by atoms with Crippen LogP contribution in [0.5, 0.6) is 5.75 Å². The molecule has 1 aliphatic heterocycles. The Balaban J connectivity index is 2.23. The van der Waals surface area contributed by atoms with E-state index in [1.165, 1.54) is 19.2 Å². The van der Waals surface area contributed by atoms with Crippen LogP contribution < -0.4 is 14.8 Å².